The Morgan fingerprint density at radius 2 is 1.92 bits per heavy atom. The maximum absolute atomic E-state index is 11.7. The van der Waals surface area contributed by atoms with Crippen molar-refractivity contribution in [3.05, 3.63) is 70.7 Å². The lowest BCUT2D eigenvalue weighted by molar-refractivity contribution is 0.100. The van der Waals surface area contributed by atoms with E-state index in [4.69, 9.17) is 17.3 Å². The van der Waals surface area contributed by atoms with Crippen LogP contribution >= 0.6 is 23.4 Å². The predicted octanol–water partition coefficient (Wildman–Crippen LogP) is 3.81. The number of hydrogen-bond acceptors (Lipinski definition) is 4. The van der Waals surface area contributed by atoms with Gasteiger partial charge < -0.3 is 10.8 Å². The molecule has 0 spiro atoms. The Kier molecular flexibility index (Phi) is 5.04. The van der Waals surface area contributed by atoms with Crippen LogP contribution in [-0.2, 0) is 0 Å². The Morgan fingerprint density at radius 1 is 1.21 bits per heavy atom. The first-order valence-electron chi connectivity index (χ1n) is 7.30. The number of amides is 1. The molecule has 1 heterocycles. The van der Waals surface area contributed by atoms with Crippen LogP contribution in [0.4, 0.5) is 0 Å². The highest BCUT2D eigenvalue weighted by atomic mass is 35.5. The largest absolute Gasteiger partial charge is 0.388 e. The van der Waals surface area contributed by atoms with E-state index < -0.39 is 12.0 Å². The van der Waals surface area contributed by atoms with Gasteiger partial charge in [-0.15, -0.1) is 11.8 Å². The normalized spacial score (nSPS) is 12.2. The molecule has 0 fully saturated rings. The second-order valence-electron chi connectivity index (χ2n) is 5.27. The number of rotatable bonds is 5. The summed E-state index contributed by atoms with van der Waals surface area (Å²) in [5.41, 5.74) is 7.39. The van der Waals surface area contributed by atoms with E-state index in [0.29, 0.717) is 26.9 Å². The first kappa shape index (κ1) is 16.8. The Balaban J connectivity index is 1.82. The fourth-order valence-electron chi connectivity index (χ4n) is 2.37. The quantitative estimate of drug-likeness (QED) is 0.680. The van der Waals surface area contributed by atoms with Crippen LogP contribution < -0.4 is 5.73 Å². The summed E-state index contributed by atoms with van der Waals surface area (Å²) in [7, 11) is 0. The number of nitrogens with zero attached hydrogens (tertiary/aromatic N) is 1. The van der Waals surface area contributed by atoms with Gasteiger partial charge in [0.2, 0.25) is 5.91 Å². The van der Waals surface area contributed by atoms with Crippen LogP contribution in [0.1, 0.15) is 22.0 Å². The lowest BCUT2D eigenvalue weighted by Crippen LogP contribution is -2.12. The van der Waals surface area contributed by atoms with Gasteiger partial charge >= 0.3 is 0 Å². The summed E-state index contributed by atoms with van der Waals surface area (Å²) in [5, 5.41) is 12.3. The molecule has 1 amide bonds. The lowest BCUT2D eigenvalue weighted by Gasteiger charge is -2.11. The number of carbonyl (C=O) groups excluding carboxylic acids is 1. The van der Waals surface area contributed by atoms with Crippen LogP contribution in [0.25, 0.3) is 10.9 Å². The van der Waals surface area contributed by atoms with Crippen molar-refractivity contribution in [1.29, 1.82) is 0 Å². The van der Waals surface area contributed by atoms with E-state index in [1.165, 1.54) is 11.8 Å². The van der Waals surface area contributed by atoms with Crippen molar-refractivity contribution in [2.24, 2.45) is 5.73 Å². The molecule has 0 aliphatic rings. The van der Waals surface area contributed by atoms with E-state index in [0.717, 1.165) is 10.9 Å². The zero-order chi connectivity index (χ0) is 17.1. The van der Waals surface area contributed by atoms with Gasteiger partial charge in [-0.2, -0.15) is 0 Å². The zero-order valence-corrected chi connectivity index (χ0v) is 14.2. The van der Waals surface area contributed by atoms with Crippen LogP contribution in [0.5, 0.6) is 0 Å². The number of para-hydroxylation sites is 1. The molecular formula is C18H15ClN2O2S. The number of halogens is 1. The van der Waals surface area contributed by atoms with E-state index in [9.17, 15) is 9.90 Å². The van der Waals surface area contributed by atoms with E-state index in [-0.39, 0.29) is 0 Å². The summed E-state index contributed by atoms with van der Waals surface area (Å²) >= 11 is 7.22. The third-order valence-electron chi connectivity index (χ3n) is 3.60. The van der Waals surface area contributed by atoms with Crippen LogP contribution in [-0.4, -0.2) is 21.8 Å². The van der Waals surface area contributed by atoms with E-state index in [2.05, 4.69) is 4.98 Å². The number of nitrogens with two attached hydrogens (primary N) is 1. The first-order valence-corrected chi connectivity index (χ1v) is 8.67. The van der Waals surface area contributed by atoms with Crippen LogP contribution in [0.3, 0.4) is 0 Å². The number of benzene rings is 2. The van der Waals surface area contributed by atoms with Gasteiger partial charge in [0.1, 0.15) is 0 Å². The molecule has 0 bridgehead atoms. The molecule has 3 N–H and O–H groups in total. The van der Waals surface area contributed by atoms with Crippen molar-refractivity contribution in [3.63, 3.8) is 0 Å². The van der Waals surface area contributed by atoms with Crippen molar-refractivity contribution in [2.75, 3.05) is 5.75 Å². The molecule has 1 unspecified atom stereocenters. The van der Waals surface area contributed by atoms with Gasteiger partial charge in [-0.05, 0) is 29.8 Å². The Hall–Kier alpha value is -2.08. The van der Waals surface area contributed by atoms with Crippen LogP contribution in [0, 0.1) is 0 Å². The molecule has 122 valence electrons. The van der Waals surface area contributed by atoms with Gasteiger partial charge in [-0.1, -0.05) is 41.9 Å². The number of pyridine rings is 1. The number of thioether (sulfide) groups is 1. The molecule has 1 aromatic heterocycles. The number of aliphatic hydroxyl groups excluding tert-OH is 1. The molecular weight excluding hydrogens is 344 g/mol. The summed E-state index contributed by atoms with van der Waals surface area (Å²) in [4.78, 5) is 16.2. The van der Waals surface area contributed by atoms with E-state index in [1.807, 2.05) is 24.3 Å². The molecule has 0 radical (unpaired) electrons. The van der Waals surface area contributed by atoms with Gasteiger partial charge in [0.05, 0.1) is 22.2 Å². The Labute approximate surface area is 148 Å². The number of fused-ring (bicyclic) bond motifs is 1. The zero-order valence-electron chi connectivity index (χ0n) is 12.6. The van der Waals surface area contributed by atoms with Gasteiger partial charge in [0.15, 0.2) is 0 Å². The fourth-order valence-corrected chi connectivity index (χ4v) is 3.39. The number of hydrogen-bond donors (Lipinski definition) is 2. The average molecular weight is 359 g/mol. The highest BCUT2D eigenvalue weighted by Gasteiger charge is 2.13. The Morgan fingerprint density at radius 3 is 2.62 bits per heavy atom. The van der Waals surface area contributed by atoms with Gasteiger partial charge in [0.25, 0.3) is 0 Å². The van der Waals surface area contributed by atoms with Crippen LogP contribution in [0.15, 0.2) is 59.6 Å². The monoisotopic (exact) mass is 358 g/mol. The predicted molar refractivity (Wildman–Crippen MR) is 97.4 cm³/mol. The van der Waals surface area contributed by atoms with Crippen molar-refractivity contribution < 1.29 is 9.90 Å². The molecule has 0 saturated heterocycles. The van der Waals surface area contributed by atoms with Crippen molar-refractivity contribution in [2.45, 2.75) is 11.1 Å². The molecule has 24 heavy (non-hydrogen) atoms. The molecule has 4 nitrogen and oxygen atoms in total. The topological polar surface area (TPSA) is 76.2 Å². The molecule has 0 aliphatic heterocycles. The standard InChI is InChI=1S/C18H15ClN2O2S/c19-12-7-5-11(6-8-12)16(22)10-24-17-9-14(18(20)23)13-3-1-2-4-15(13)21-17/h1-9,16,22H,10H2,(H2,20,23). The minimum absolute atomic E-state index is 0.408. The van der Waals surface area contributed by atoms with Crippen molar-refractivity contribution >= 4 is 40.2 Å². The summed E-state index contributed by atoms with van der Waals surface area (Å²) < 4.78 is 0. The van der Waals surface area contributed by atoms with Crippen molar-refractivity contribution in [1.82, 2.24) is 4.98 Å². The third kappa shape index (κ3) is 3.70. The summed E-state index contributed by atoms with van der Waals surface area (Å²) in [6, 6.07) is 16.1. The summed E-state index contributed by atoms with van der Waals surface area (Å²) in [5.74, 6) is -0.0840. The third-order valence-corrected chi connectivity index (χ3v) is 4.84. The number of aliphatic hydroxyl groups is 1. The van der Waals surface area contributed by atoms with Crippen LogP contribution in [0.2, 0.25) is 5.02 Å². The van der Waals surface area contributed by atoms with Gasteiger partial charge in [-0.25, -0.2) is 4.98 Å². The highest BCUT2D eigenvalue weighted by Crippen LogP contribution is 2.27. The van der Waals surface area contributed by atoms with Crippen molar-refractivity contribution in [3.8, 4) is 0 Å². The van der Waals surface area contributed by atoms with E-state index in [1.54, 1.807) is 30.3 Å². The number of primary amides is 1. The number of carbonyl (C=O) groups is 1. The van der Waals surface area contributed by atoms with Gasteiger partial charge in [0, 0.05) is 16.2 Å². The minimum atomic E-state index is -0.655. The smallest absolute Gasteiger partial charge is 0.249 e. The molecule has 0 aliphatic carbocycles. The molecule has 2 aromatic carbocycles. The second-order valence-corrected chi connectivity index (χ2v) is 6.74. The molecule has 1 atom stereocenters. The average Bonchev–Trinajstić information content (AvgIpc) is 2.59. The van der Waals surface area contributed by atoms with Gasteiger partial charge in [-0.3, -0.25) is 4.79 Å². The maximum atomic E-state index is 11.7. The maximum Gasteiger partial charge on any atom is 0.249 e. The Bertz CT molecular complexity index is 884. The summed E-state index contributed by atoms with van der Waals surface area (Å²) in [6.07, 6.45) is -0.655. The minimum Gasteiger partial charge on any atom is -0.388 e. The molecule has 0 saturated carbocycles. The SMILES string of the molecule is NC(=O)c1cc(SCC(O)c2ccc(Cl)cc2)nc2ccccc12. The second kappa shape index (κ2) is 7.21. The molecule has 3 rings (SSSR count). The molecule has 3 aromatic rings. The fraction of sp³-hybridized carbons (Fsp3) is 0.111. The number of aromatic nitrogens is 1. The highest BCUT2D eigenvalue weighted by molar-refractivity contribution is 7.99. The first-order chi connectivity index (χ1) is 11.5. The summed E-state index contributed by atoms with van der Waals surface area (Å²) in [6.45, 7) is 0. The van der Waals surface area contributed by atoms with E-state index >= 15 is 0 Å². The molecule has 6 heteroatoms. The lowest BCUT2D eigenvalue weighted by atomic mass is 10.1.